The summed E-state index contributed by atoms with van der Waals surface area (Å²) >= 11 is 0. The molecular formula is C16H18OS. The van der Waals surface area contributed by atoms with Crippen molar-refractivity contribution < 1.29 is 5.11 Å². The van der Waals surface area contributed by atoms with Gasteiger partial charge >= 0.3 is 0 Å². The van der Waals surface area contributed by atoms with Crippen LogP contribution >= 0.6 is 0 Å². The molecule has 0 bridgehead atoms. The molecule has 0 unspecified atom stereocenters. The molecule has 2 aromatic rings. The molecule has 1 nitrogen and oxygen atoms in total. The van der Waals surface area contributed by atoms with Crippen LogP contribution in [0.3, 0.4) is 0 Å². The van der Waals surface area contributed by atoms with Crippen molar-refractivity contribution in [1.29, 1.82) is 0 Å². The molecule has 94 valence electrons. The zero-order valence-corrected chi connectivity index (χ0v) is 11.6. The van der Waals surface area contributed by atoms with E-state index in [2.05, 4.69) is 24.6 Å². The van der Waals surface area contributed by atoms with Crippen molar-refractivity contribution in [2.24, 2.45) is 0 Å². The molecule has 2 rings (SSSR count). The maximum atomic E-state index is 12.7. The van der Waals surface area contributed by atoms with Gasteiger partial charge in [0.05, 0.1) is 12.5 Å². The van der Waals surface area contributed by atoms with Gasteiger partial charge in [-0.1, -0.05) is 66.2 Å². The largest absolute Gasteiger partial charge is 0.845 e. The van der Waals surface area contributed by atoms with Crippen molar-refractivity contribution in [3.63, 3.8) is 0 Å². The first-order chi connectivity index (χ1) is 8.70. The fourth-order valence-electron chi connectivity index (χ4n) is 2.15. The van der Waals surface area contributed by atoms with E-state index in [9.17, 15) is 5.11 Å². The third-order valence-corrected chi connectivity index (χ3v) is 4.57. The van der Waals surface area contributed by atoms with Gasteiger partial charge in [0.15, 0.2) is 0 Å². The molecule has 0 radical (unpaired) electrons. The Labute approximate surface area is 112 Å². The molecule has 0 saturated heterocycles. The van der Waals surface area contributed by atoms with Crippen LogP contribution in [0.25, 0.3) is 0 Å². The molecule has 0 amide bonds. The first kappa shape index (κ1) is 13.2. The highest BCUT2D eigenvalue weighted by Crippen LogP contribution is 2.33. The van der Waals surface area contributed by atoms with Crippen molar-refractivity contribution in [2.75, 3.05) is 12.5 Å². The van der Waals surface area contributed by atoms with Gasteiger partial charge in [-0.15, -0.1) is 0 Å². The van der Waals surface area contributed by atoms with Gasteiger partial charge in [-0.2, -0.15) is 0 Å². The number of rotatable bonds is 4. The SMILES string of the molecule is C[S+](C)[C@@H](c1ccccc1)[C@H]([O-])c1ccccc1. The second kappa shape index (κ2) is 6.07. The van der Waals surface area contributed by atoms with E-state index in [1.807, 2.05) is 48.5 Å². The summed E-state index contributed by atoms with van der Waals surface area (Å²) in [5, 5.41) is 12.7. The Bertz CT molecular complexity index is 467. The fraction of sp³-hybridized carbons (Fsp3) is 0.250. The predicted octanol–water partition coefficient (Wildman–Crippen LogP) is 2.71. The Balaban J connectivity index is 2.32. The zero-order chi connectivity index (χ0) is 13.0. The molecule has 0 N–H and O–H groups in total. The molecule has 0 fully saturated rings. The van der Waals surface area contributed by atoms with Crippen LogP contribution in [-0.2, 0) is 10.9 Å². The number of benzene rings is 2. The molecule has 0 aliphatic heterocycles. The molecule has 0 saturated carbocycles. The Kier molecular flexibility index (Phi) is 4.45. The Morgan fingerprint density at radius 3 is 1.67 bits per heavy atom. The molecule has 0 spiro atoms. The lowest BCUT2D eigenvalue weighted by molar-refractivity contribution is -0.427. The van der Waals surface area contributed by atoms with Crippen LogP contribution in [0.1, 0.15) is 22.5 Å². The molecule has 2 heteroatoms. The topological polar surface area (TPSA) is 23.1 Å². The lowest BCUT2D eigenvalue weighted by atomic mass is 10.0. The summed E-state index contributed by atoms with van der Waals surface area (Å²) in [7, 11) is 0.0526. The highest BCUT2D eigenvalue weighted by molar-refractivity contribution is 7.95. The number of hydrogen-bond donors (Lipinski definition) is 0. The lowest BCUT2D eigenvalue weighted by Gasteiger charge is -2.30. The number of hydrogen-bond acceptors (Lipinski definition) is 1. The van der Waals surface area contributed by atoms with Gasteiger partial charge in [0.2, 0.25) is 0 Å². The predicted molar refractivity (Wildman–Crippen MR) is 77.6 cm³/mol. The molecule has 0 aromatic heterocycles. The summed E-state index contributed by atoms with van der Waals surface area (Å²) in [5.74, 6) is 0. The van der Waals surface area contributed by atoms with Gasteiger partial charge in [0, 0.05) is 5.56 Å². The highest BCUT2D eigenvalue weighted by Gasteiger charge is 2.26. The average Bonchev–Trinajstić information content (AvgIpc) is 2.40. The van der Waals surface area contributed by atoms with Crippen LogP contribution in [0.15, 0.2) is 60.7 Å². The van der Waals surface area contributed by atoms with Crippen LogP contribution in [-0.4, -0.2) is 12.5 Å². The maximum Gasteiger partial charge on any atom is 0.134 e. The quantitative estimate of drug-likeness (QED) is 0.773. The Morgan fingerprint density at radius 1 is 0.778 bits per heavy atom. The van der Waals surface area contributed by atoms with Gasteiger partial charge in [0.25, 0.3) is 0 Å². The average molecular weight is 258 g/mol. The first-order valence-corrected chi connectivity index (χ1v) is 8.12. The Morgan fingerprint density at radius 2 is 1.22 bits per heavy atom. The van der Waals surface area contributed by atoms with Crippen LogP contribution in [0, 0.1) is 0 Å². The minimum Gasteiger partial charge on any atom is -0.845 e. The smallest absolute Gasteiger partial charge is 0.134 e. The van der Waals surface area contributed by atoms with Crippen LogP contribution in [0.2, 0.25) is 0 Å². The molecule has 0 aliphatic carbocycles. The van der Waals surface area contributed by atoms with Gasteiger partial charge in [0.1, 0.15) is 5.25 Å². The standard InChI is InChI=1S/C16H18OS/c1-18(2)16(14-11-7-4-8-12-14)15(17)13-9-5-3-6-10-13/h3-12,15-16H,1-2H3/t15-,16+/m1/s1. The van der Waals surface area contributed by atoms with E-state index >= 15 is 0 Å². The van der Waals surface area contributed by atoms with Crippen LogP contribution in [0.5, 0.6) is 0 Å². The second-order valence-electron chi connectivity index (χ2n) is 4.54. The summed E-state index contributed by atoms with van der Waals surface area (Å²) in [5.41, 5.74) is 2.03. The third kappa shape index (κ3) is 2.95. The van der Waals surface area contributed by atoms with Crippen LogP contribution in [0.4, 0.5) is 0 Å². The summed E-state index contributed by atoms with van der Waals surface area (Å²) in [6.07, 6.45) is 3.60. The van der Waals surface area contributed by atoms with E-state index in [-0.39, 0.29) is 16.1 Å². The lowest BCUT2D eigenvalue weighted by Crippen LogP contribution is -2.28. The van der Waals surface area contributed by atoms with E-state index in [0.29, 0.717) is 0 Å². The molecular weight excluding hydrogens is 240 g/mol. The van der Waals surface area contributed by atoms with E-state index in [4.69, 9.17) is 0 Å². The fourth-order valence-corrected chi connectivity index (χ4v) is 3.51. The summed E-state index contributed by atoms with van der Waals surface area (Å²) in [6.45, 7) is 0. The third-order valence-electron chi connectivity index (χ3n) is 3.04. The van der Waals surface area contributed by atoms with E-state index in [1.54, 1.807) is 0 Å². The van der Waals surface area contributed by atoms with Crippen molar-refractivity contribution in [3.05, 3.63) is 71.8 Å². The van der Waals surface area contributed by atoms with Crippen LogP contribution < -0.4 is 5.11 Å². The summed E-state index contributed by atoms with van der Waals surface area (Å²) in [6, 6.07) is 19.8. The van der Waals surface area contributed by atoms with Crippen molar-refractivity contribution >= 4 is 10.9 Å². The van der Waals surface area contributed by atoms with Gasteiger partial charge in [-0.25, -0.2) is 0 Å². The molecule has 2 aromatic carbocycles. The summed E-state index contributed by atoms with van der Waals surface area (Å²) < 4.78 is 0. The molecule has 0 heterocycles. The second-order valence-corrected chi connectivity index (χ2v) is 6.81. The van der Waals surface area contributed by atoms with Gasteiger partial charge < -0.3 is 5.11 Å². The summed E-state index contributed by atoms with van der Waals surface area (Å²) in [4.78, 5) is 0. The minimum absolute atomic E-state index is 0.0496. The first-order valence-electron chi connectivity index (χ1n) is 6.02. The Hall–Kier alpha value is -1.25. The monoisotopic (exact) mass is 258 g/mol. The van der Waals surface area contributed by atoms with E-state index < -0.39 is 6.10 Å². The molecule has 2 atom stereocenters. The van der Waals surface area contributed by atoms with Gasteiger partial charge in [-0.3, -0.25) is 0 Å². The maximum absolute atomic E-state index is 12.7. The van der Waals surface area contributed by atoms with Gasteiger partial charge in [-0.05, 0) is 17.0 Å². The normalized spacial score (nSPS) is 14.4. The highest BCUT2D eigenvalue weighted by atomic mass is 32.2. The van der Waals surface area contributed by atoms with E-state index in [1.165, 1.54) is 0 Å². The van der Waals surface area contributed by atoms with Crippen molar-refractivity contribution in [3.8, 4) is 0 Å². The minimum atomic E-state index is -0.688. The zero-order valence-electron chi connectivity index (χ0n) is 10.7. The van der Waals surface area contributed by atoms with Crippen molar-refractivity contribution in [2.45, 2.75) is 11.4 Å². The molecule has 0 aliphatic rings. The molecule has 18 heavy (non-hydrogen) atoms. The van der Waals surface area contributed by atoms with E-state index in [0.717, 1.165) is 11.1 Å². The van der Waals surface area contributed by atoms with Crippen molar-refractivity contribution in [1.82, 2.24) is 0 Å².